The number of nitrogens with two attached hydrogens (primary N) is 8. The molecule has 17 heterocycles. The summed E-state index contributed by atoms with van der Waals surface area (Å²) in [5, 5.41) is 6.96. The molecule has 19 N–H and O–H groups in total. The van der Waals surface area contributed by atoms with Crippen molar-refractivity contribution in [2.75, 3.05) is 64.8 Å². The Morgan fingerprint density at radius 1 is 0.315 bits per heavy atom. The molecule has 7 aliphatic rings. The van der Waals surface area contributed by atoms with Gasteiger partial charge in [0.15, 0.2) is 45.9 Å². The molecule has 32 nitrogen and oxygen atoms in total. The Hall–Kier alpha value is -18.0. The maximum Gasteiger partial charge on any atom is 0.228 e. The number of nitrogens with one attached hydrogen (secondary N) is 3. The number of morpholine rings is 1. The summed E-state index contributed by atoms with van der Waals surface area (Å²) >= 11 is 0. The SMILES string of the molecule is Nc1ncccc1-c1nc2ccc(-c3ccc4[nH]ccc4c3)nc2n1-c1ccc(C2(N)CCC2)cc1.Nc1ncccc1-c1nc2ccc(-c3ccc4c(c3)CC(=O)N4)nc2n1-c1ccc(C2(N)CCC2)cc1.Nc1ncccc1-c1nc2ccc(-c3cccc(N4CCOCC4)n3)nc2n1-c1ccc(C2(N)CCC2)cc1.Nc1ncccc1-c1nc2ccc(-c3cccc4c3CC(=O)N4)nc2n1-c1ccc(C2(N)CCC2)cc1. The number of nitrogen functional groups attached to an aromatic ring is 4. The van der Waals surface area contributed by atoms with Crippen LogP contribution in [0.15, 0.2) is 304 Å². The first-order valence-electron chi connectivity index (χ1n) is 50.4. The molecule has 32 heteroatoms. The van der Waals surface area contributed by atoms with Gasteiger partial charge in [-0.25, -0.2) is 64.8 Å². The Morgan fingerprint density at radius 2 is 0.678 bits per heavy atom. The maximum absolute atomic E-state index is 12.1. The molecule has 149 heavy (non-hydrogen) atoms. The monoisotopic (exact) mass is 1960 g/mol. The van der Waals surface area contributed by atoms with Gasteiger partial charge in [-0.2, -0.15) is 0 Å². The van der Waals surface area contributed by atoms with Gasteiger partial charge in [-0.3, -0.25) is 27.9 Å². The Kier molecular flexibility index (Phi) is 23.1. The van der Waals surface area contributed by atoms with Gasteiger partial charge in [0, 0.05) is 128 Å². The van der Waals surface area contributed by atoms with E-state index in [-0.39, 0.29) is 34.0 Å². The fourth-order valence-corrected chi connectivity index (χ4v) is 21.4. The third kappa shape index (κ3) is 17.0. The highest BCUT2D eigenvalue weighted by molar-refractivity contribution is 6.03. The number of imidazole rings is 4. The predicted octanol–water partition coefficient (Wildman–Crippen LogP) is 19.0. The van der Waals surface area contributed by atoms with E-state index in [0.717, 1.165) is 262 Å². The highest BCUT2D eigenvalue weighted by Gasteiger charge is 2.39. The number of rotatable bonds is 17. The summed E-state index contributed by atoms with van der Waals surface area (Å²) in [6, 6.07) is 90.8. The molecule has 28 rings (SSSR count). The molecule has 2 amide bonds. The van der Waals surface area contributed by atoms with Crippen LogP contribution in [0.2, 0.25) is 0 Å². The van der Waals surface area contributed by atoms with Crippen molar-refractivity contribution < 1.29 is 14.3 Å². The van der Waals surface area contributed by atoms with Crippen LogP contribution in [0.4, 0.5) is 40.5 Å². The lowest BCUT2D eigenvalue weighted by Crippen LogP contribution is -2.43. The lowest BCUT2D eigenvalue weighted by Gasteiger charge is -2.38. The van der Waals surface area contributed by atoms with Crippen molar-refractivity contribution in [3.8, 4) is 113 Å². The van der Waals surface area contributed by atoms with E-state index in [4.69, 9.17) is 95.5 Å². The number of carbonyl (C=O) groups excluding carboxylic acids is 2. The van der Waals surface area contributed by atoms with Crippen molar-refractivity contribution in [3.63, 3.8) is 0 Å². The first-order chi connectivity index (χ1) is 72.7. The number of amides is 2. The number of fused-ring (bicyclic) bond motifs is 7. The van der Waals surface area contributed by atoms with Crippen molar-refractivity contribution in [2.45, 2.75) is 112 Å². The van der Waals surface area contributed by atoms with Crippen LogP contribution < -0.4 is 61.4 Å². The molecule has 4 aliphatic carbocycles. The summed E-state index contributed by atoms with van der Waals surface area (Å²) in [5.74, 6) is 5.32. The van der Waals surface area contributed by atoms with E-state index in [1.807, 2.05) is 172 Å². The molecular weight excluding hydrogens is 1860 g/mol. The highest BCUT2D eigenvalue weighted by Crippen LogP contribution is 2.47. The van der Waals surface area contributed by atoms with Crippen molar-refractivity contribution in [3.05, 3.63) is 337 Å². The largest absolute Gasteiger partial charge is 0.383 e. The van der Waals surface area contributed by atoms with Crippen LogP contribution in [-0.2, 0) is 49.3 Å². The van der Waals surface area contributed by atoms with Gasteiger partial charge in [-0.1, -0.05) is 78.9 Å². The molecule has 7 aromatic carbocycles. The van der Waals surface area contributed by atoms with Crippen LogP contribution in [-0.4, -0.2) is 126 Å². The van der Waals surface area contributed by atoms with Gasteiger partial charge in [0.25, 0.3) is 0 Å². The average molecular weight is 1970 g/mol. The lowest BCUT2D eigenvalue weighted by atomic mass is 9.73. The summed E-state index contributed by atoms with van der Waals surface area (Å²) in [4.78, 5) is 91.6. The third-order valence-electron chi connectivity index (χ3n) is 30.4. The number of nitrogens with zero attached hydrogens (tertiary/aromatic N) is 18. The molecular formula is C117H105N29O3. The molecule has 5 fully saturated rings. The van der Waals surface area contributed by atoms with E-state index >= 15 is 0 Å². The molecule has 3 aliphatic heterocycles. The van der Waals surface area contributed by atoms with Gasteiger partial charge in [0.2, 0.25) is 11.8 Å². The number of benzene rings is 7. The summed E-state index contributed by atoms with van der Waals surface area (Å²) < 4.78 is 13.7. The van der Waals surface area contributed by atoms with Crippen molar-refractivity contribution in [1.29, 1.82) is 0 Å². The number of carbonyl (C=O) groups is 2. The molecule has 4 saturated carbocycles. The molecule has 21 aromatic rings. The molecule has 0 radical (unpaired) electrons. The summed E-state index contributed by atoms with van der Waals surface area (Å²) in [5.41, 5.74) is 79.5. The quantitative estimate of drug-likeness (QED) is 0.0403. The van der Waals surface area contributed by atoms with Gasteiger partial charge in [0.05, 0.1) is 76.8 Å². The Labute approximate surface area is 855 Å². The third-order valence-corrected chi connectivity index (χ3v) is 30.4. The molecule has 0 bridgehead atoms. The van der Waals surface area contributed by atoms with Gasteiger partial charge >= 0.3 is 0 Å². The smallest absolute Gasteiger partial charge is 0.228 e. The van der Waals surface area contributed by atoms with Gasteiger partial charge in [0.1, 0.15) is 51.2 Å². The first kappa shape index (κ1) is 92.2. The zero-order chi connectivity index (χ0) is 101. The normalized spacial score (nSPS) is 15.9. The van der Waals surface area contributed by atoms with E-state index in [9.17, 15) is 9.59 Å². The number of hydrogen-bond donors (Lipinski definition) is 11. The summed E-state index contributed by atoms with van der Waals surface area (Å²) in [6.45, 7) is 3.07. The van der Waals surface area contributed by atoms with E-state index in [0.29, 0.717) is 83.9 Å². The molecule has 736 valence electrons. The Morgan fingerprint density at radius 3 is 1.09 bits per heavy atom. The van der Waals surface area contributed by atoms with Crippen molar-refractivity contribution in [1.82, 2.24) is 88.0 Å². The van der Waals surface area contributed by atoms with Crippen LogP contribution in [0, 0.1) is 0 Å². The first-order valence-corrected chi connectivity index (χ1v) is 50.4. The van der Waals surface area contributed by atoms with Crippen LogP contribution in [0.3, 0.4) is 0 Å². The fraction of sp³-hybridized carbons (Fsp3) is 0.188. The lowest BCUT2D eigenvalue weighted by molar-refractivity contribution is -0.115. The molecule has 14 aromatic heterocycles. The maximum atomic E-state index is 12.1. The van der Waals surface area contributed by atoms with Crippen LogP contribution in [0.5, 0.6) is 0 Å². The topological polar surface area (TPSA) is 482 Å². The van der Waals surface area contributed by atoms with Gasteiger partial charge in [-0.15, -0.1) is 0 Å². The van der Waals surface area contributed by atoms with E-state index < -0.39 is 0 Å². The van der Waals surface area contributed by atoms with E-state index in [2.05, 4.69) is 166 Å². The van der Waals surface area contributed by atoms with Crippen LogP contribution in [0.25, 0.3) is 169 Å². The number of hydrogen-bond acceptors (Lipinski definition) is 25. The number of ether oxygens (including phenoxy) is 1. The minimum Gasteiger partial charge on any atom is -0.383 e. The zero-order valence-corrected chi connectivity index (χ0v) is 81.5. The van der Waals surface area contributed by atoms with E-state index in [1.54, 1.807) is 24.8 Å². The molecule has 1 saturated heterocycles. The molecule has 0 unspecified atom stereocenters. The second-order valence-electron chi connectivity index (χ2n) is 39.6. The number of anilines is 7. The second-order valence-corrected chi connectivity index (χ2v) is 39.6. The Balaban J connectivity index is 0.000000103. The van der Waals surface area contributed by atoms with Gasteiger partial charge in [-0.05, 0) is 305 Å². The predicted molar refractivity (Wildman–Crippen MR) is 584 cm³/mol. The van der Waals surface area contributed by atoms with Crippen LogP contribution >= 0.6 is 0 Å². The fourth-order valence-electron chi connectivity index (χ4n) is 21.4. The summed E-state index contributed by atoms with van der Waals surface area (Å²) in [7, 11) is 0. The standard InChI is InChI=1S/C30H30N8O.2C29H25N7O.C29H25N7/c31-27-22(4-2-15-33-27)28-36-25-12-11-24(23-5-1-6-26(34-23)37-16-18-39-19-17-37)35-29(25)38(28)21-9-7-20(8-10-21)30(32)13-3-14-30;30-26-20(5-2-15-32-26)27-35-24-12-11-23(19-4-1-6-22-21(19)16-25(37)33-22)34-28(24)36(27)18-9-7-17(8-10-18)29(31)13-3-14-29;30-26-21(3-1-14-32-26)27-35-24-11-10-22(17-4-9-23-18(15-17)16-25(37)33-23)34-28(24)36(27)20-7-5-19(6-8-20)29(31)12-2-13-29;30-26-22(3-1-15-33-26)27-35-25-11-10-24(18-4-9-23-19(17-18)12-16-32-23)34-28(25)36(27)21-7-5-20(6-8-21)29(31)13-2-14-29/h1-2,4-12,15H,3,13-14,16-19,32H2,(H2,31,33);1-2,4-12,15H,3,13-14,16,31H2,(H2,30,32)(H,33,37);1,3-11,14-15H,2,12-13,16,31H2,(H2,30,32)(H,33,37);1,3-12,15-17,32H,2,13-14,31H2,(H2,30,33). The average Bonchev–Trinajstić information content (AvgIpc) is 1.61. The number of aromatic nitrogens is 18. The number of aromatic amines is 1. The second kappa shape index (κ2) is 37.3. The van der Waals surface area contributed by atoms with Crippen molar-refractivity contribution in [2.24, 2.45) is 22.9 Å². The summed E-state index contributed by atoms with van der Waals surface area (Å²) in [6.07, 6.45) is 22.1. The number of pyridine rings is 9. The van der Waals surface area contributed by atoms with E-state index in [1.165, 1.54) is 12.8 Å². The number of H-pyrrole nitrogens is 1. The minimum absolute atomic E-state index is 0.00728. The Bertz CT molecular complexity index is 8830. The molecule has 0 atom stereocenters. The zero-order valence-electron chi connectivity index (χ0n) is 81.5. The van der Waals surface area contributed by atoms with Crippen molar-refractivity contribution >= 4 is 108 Å². The van der Waals surface area contributed by atoms with Crippen LogP contribution in [0.1, 0.15) is 110 Å². The minimum atomic E-state index is -0.239. The van der Waals surface area contributed by atoms with Gasteiger partial charge < -0.3 is 71.1 Å². The molecule has 0 spiro atoms. The highest BCUT2D eigenvalue weighted by atomic mass is 16.5.